The number of hydrogen-bond acceptors (Lipinski definition) is 4. The van der Waals surface area contributed by atoms with Crippen molar-refractivity contribution in [1.29, 1.82) is 0 Å². The first-order chi connectivity index (χ1) is 13.6. The van der Waals surface area contributed by atoms with Gasteiger partial charge in [-0.15, -0.1) is 0 Å². The summed E-state index contributed by atoms with van der Waals surface area (Å²) in [7, 11) is 0. The highest BCUT2D eigenvalue weighted by Crippen LogP contribution is 2.16. The molecule has 1 amide bonds. The number of aromatic carboxylic acids is 1. The second kappa shape index (κ2) is 9.23. The van der Waals surface area contributed by atoms with Crippen LogP contribution in [-0.4, -0.2) is 30.2 Å². The summed E-state index contributed by atoms with van der Waals surface area (Å²) in [6, 6.07) is 22.2. The van der Waals surface area contributed by atoms with Gasteiger partial charge in [0, 0.05) is 11.3 Å². The van der Waals surface area contributed by atoms with Crippen LogP contribution < -0.4 is 14.8 Å². The third kappa shape index (κ3) is 5.35. The molecule has 0 aliphatic heterocycles. The topological polar surface area (TPSA) is 84.9 Å². The summed E-state index contributed by atoms with van der Waals surface area (Å²) < 4.78 is 11.2. The van der Waals surface area contributed by atoms with Gasteiger partial charge in [-0.3, -0.25) is 4.79 Å². The molecule has 0 saturated carbocycles. The largest absolute Gasteiger partial charge is 0.490 e. The first kappa shape index (κ1) is 19.0. The van der Waals surface area contributed by atoms with Gasteiger partial charge in [0.05, 0.1) is 5.56 Å². The number of hydrogen-bond donors (Lipinski definition) is 2. The summed E-state index contributed by atoms with van der Waals surface area (Å²) >= 11 is 0. The fraction of sp³-hybridized carbons (Fsp3) is 0.0909. The number of carboxylic acid groups (broad SMARTS) is 1. The molecule has 3 aromatic rings. The predicted molar refractivity (Wildman–Crippen MR) is 105 cm³/mol. The van der Waals surface area contributed by atoms with E-state index < -0.39 is 5.97 Å². The molecule has 3 aromatic carbocycles. The molecule has 3 rings (SSSR count). The van der Waals surface area contributed by atoms with E-state index in [-0.39, 0.29) is 11.5 Å². The molecule has 142 valence electrons. The molecule has 2 N–H and O–H groups in total. The zero-order valence-electron chi connectivity index (χ0n) is 15.0. The van der Waals surface area contributed by atoms with Crippen molar-refractivity contribution in [3.05, 3.63) is 90.0 Å². The fourth-order valence-electron chi connectivity index (χ4n) is 2.47. The molecule has 0 saturated heterocycles. The van der Waals surface area contributed by atoms with Crippen molar-refractivity contribution in [3.8, 4) is 11.5 Å². The molecule has 0 spiro atoms. The summed E-state index contributed by atoms with van der Waals surface area (Å²) in [5, 5.41) is 11.7. The van der Waals surface area contributed by atoms with E-state index in [9.17, 15) is 9.59 Å². The third-order valence-electron chi connectivity index (χ3n) is 3.85. The normalized spacial score (nSPS) is 10.1. The molecule has 0 aliphatic carbocycles. The van der Waals surface area contributed by atoms with Crippen LogP contribution in [0.15, 0.2) is 78.9 Å². The molecule has 0 radical (unpaired) electrons. The van der Waals surface area contributed by atoms with Gasteiger partial charge in [-0.1, -0.05) is 24.3 Å². The quantitative estimate of drug-likeness (QED) is 0.578. The van der Waals surface area contributed by atoms with Crippen LogP contribution in [-0.2, 0) is 0 Å². The smallest absolute Gasteiger partial charge is 0.335 e. The Morgan fingerprint density at radius 1 is 0.750 bits per heavy atom. The Kier molecular flexibility index (Phi) is 6.25. The van der Waals surface area contributed by atoms with Crippen LogP contribution in [0.2, 0.25) is 0 Å². The van der Waals surface area contributed by atoms with Crippen LogP contribution in [0.25, 0.3) is 0 Å². The number of amides is 1. The molecular formula is C22H19NO5. The standard InChI is InChI=1S/C22H19NO5/c24-21(23-18-6-4-5-17(15-18)22(25)26)16-9-11-20(12-10-16)28-14-13-27-19-7-2-1-3-8-19/h1-12,15H,13-14H2,(H,23,24)(H,25,26). The molecule has 0 bridgehead atoms. The highest BCUT2D eigenvalue weighted by Gasteiger charge is 2.08. The van der Waals surface area contributed by atoms with Crippen molar-refractivity contribution in [2.24, 2.45) is 0 Å². The Bertz CT molecular complexity index is 939. The van der Waals surface area contributed by atoms with Gasteiger partial charge < -0.3 is 19.9 Å². The lowest BCUT2D eigenvalue weighted by Crippen LogP contribution is -2.12. The molecule has 0 aliphatic rings. The molecule has 6 heteroatoms. The van der Waals surface area contributed by atoms with Crippen molar-refractivity contribution in [2.75, 3.05) is 18.5 Å². The van der Waals surface area contributed by atoms with E-state index in [1.807, 2.05) is 30.3 Å². The lowest BCUT2D eigenvalue weighted by atomic mass is 10.1. The summed E-state index contributed by atoms with van der Waals surface area (Å²) in [4.78, 5) is 23.3. The molecule has 0 atom stereocenters. The minimum absolute atomic E-state index is 0.110. The number of benzene rings is 3. The summed E-state index contributed by atoms with van der Waals surface area (Å²) in [6.07, 6.45) is 0. The zero-order chi connectivity index (χ0) is 19.8. The lowest BCUT2D eigenvalue weighted by Gasteiger charge is -2.09. The summed E-state index contributed by atoms with van der Waals surface area (Å²) in [5.41, 5.74) is 0.969. The van der Waals surface area contributed by atoms with E-state index in [0.29, 0.717) is 30.2 Å². The van der Waals surface area contributed by atoms with Gasteiger partial charge in [-0.2, -0.15) is 0 Å². The Morgan fingerprint density at radius 2 is 1.39 bits per heavy atom. The molecule has 28 heavy (non-hydrogen) atoms. The van der Waals surface area contributed by atoms with Crippen molar-refractivity contribution in [1.82, 2.24) is 0 Å². The first-order valence-corrected chi connectivity index (χ1v) is 8.67. The van der Waals surface area contributed by atoms with Crippen LogP contribution in [0.3, 0.4) is 0 Å². The van der Waals surface area contributed by atoms with Crippen LogP contribution in [0.4, 0.5) is 5.69 Å². The monoisotopic (exact) mass is 377 g/mol. The van der Waals surface area contributed by atoms with Gasteiger partial charge >= 0.3 is 5.97 Å². The number of carbonyl (C=O) groups is 2. The van der Waals surface area contributed by atoms with Crippen LogP contribution in [0.1, 0.15) is 20.7 Å². The van der Waals surface area contributed by atoms with Gasteiger partial charge in [-0.05, 0) is 54.6 Å². The highest BCUT2D eigenvalue weighted by molar-refractivity contribution is 6.04. The van der Waals surface area contributed by atoms with Crippen molar-refractivity contribution < 1.29 is 24.2 Å². The highest BCUT2D eigenvalue weighted by atomic mass is 16.5. The van der Waals surface area contributed by atoms with Crippen molar-refractivity contribution in [2.45, 2.75) is 0 Å². The second-order valence-electron chi connectivity index (χ2n) is 5.87. The maximum atomic E-state index is 12.3. The van der Waals surface area contributed by atoms with Gasteiger partial charge in [0.15, 0.2) is 0 Å². The zero-order valence-corrected chi connectivity index (χ0v) is 15.0. The van der Waals surface area contributed by atoms with E-state index in [2.05, 4.69) is 5.32 Å². The molecule has 0 aromatic heterocycles. The second-order valence-corrected chi connectivity index (χ2v) is 5.87. The first-order valence-electron chi connectivity index (χ1n) is 8.67. The lowest BCUT2D eigenvalue weighted by molar-refractivity contribution is 0.0696. The number of ether oxygens (including phenoxy) is 2. The van der Waals surface area contributed by atoms with E-state index in [0.717, 1.165) is 5.75 Å². The number of para-hydroxylation sites is 1. The van der Waals surface area contributed by atoms with Gasteiger partial charge in [0.2, 0.25) is 0 Å². The van der Waals surface area contributed by atoms with Crippen molar-refractivity contribution in [3.63, 3.8) is 0 Å². The van der Waals surface area contributed by atoms with E-state index >= 15 is 0 Å². The van der Waals surface area contributed by atoms with Crippen molar-refractivity contribution >= 4 is 17.6 Å². The number of carboxylic acids is 1. The van der Waals surface area contributed by atoms with Gasteiger partial charge in [0.1, 0.15) is 24.7 Å². The number of carbonyl (C=O) groups excluding carboxylic acids is 1. The summed E-state index contributed by atoms with van der Waals surface area (Å²) in [6.45, 7) is 0.786. The van der Waals surface area contributed by atoms with E-state index in [1.165, 1.54) is 12.1 Å². The average molecular weight is 377 g/mol. The molecule has 6 nitrogen and oxygen atoms in total. The molecule has 0 unspecified atom stereocenters. The van der Waals surface area contributed by atoms with Gasteiger partial charge in [-0.25, -0.2) is 4.79 Å². The molecule has 0 fully saturated rings. The Morgan fingerprint density at radius 3 is 2.04 bits per heavy atom. The minimum atomic E-state index is -1.05. The van der Waals surface area contributed by atoms with E-state index in [4.69, 9.17) is 14.6 Å². The number of nitrogens with one attached hydrogen (secondary N) is 1. The van der Waals surface area contributed by atoms with Gasteiger partial charge in [0.25, 0.3) is 5.91 Å². The van der Waals surface area contributed by atoms with E-state index in [1.54, 1.807) is 36.4 Å². The minimum Gasteiger partial charge on any atom is -0.490 e. The number of anilines is 1. The van der Waals surface area contributed by atoms with Crippen LogP contribution >= 0.6 is 0 Å². The Balaban J connectivity index is 1.50. The maximum absolute atomic E-state index is 12.3. The van der Waals surface area contributed by atoms with Crippen LogP contribution in [0.5, 0.6) is 11.5 Å². The summed E-state index contributed by atoms with van der Waals surface area (Å²) in [5.74, 6) is 0.0292. The number of rotatable bonds is 8. The third-order valence-corrected chi connectivity index (χ3v) is 3.85. The average Bonchev–Trinajstić information content (AvgIpc) is 2.72. The fourth-order valence-corrected chi connectivity index (χ4v) is 2.47. The SMILES string of the molecule is O=C(O)c1cccc(NC(=O)c2ccc(OCCOc3ccccc3)cc2)c1. The predicted octanol–water partition coefficient (Wildman–Crippen LogP) is 4.09. The Labute approximate surface area is 162 Å². The maximum Gasteiger partial charge on any atom is 0.335 e. The Hall–Kier alpha value is -3.80. The molecular weight excluding hydrogens is 358 g/mol. The van der Waals surface area contributed by atoms with Crippen LogP contribution in [0, 0.1) is 0 Å². The molecule has 0 heterocycles.